The van der Waals surface area contributed by atoms with E-state index in [-0.39, 0.29) is 11.7 Å². The van der Waals surface area contributed by atoms with Crippen LogP contribution >= 0.6 is 0 Å². The maximum absolute atomic E-state index is 11.9. The lowest BCUT2D eigenvalue weighted by Crippen LogP contribution is -2.34. The fraction of sp³-hybridized carbons (Fsp3) is 0.462. The smallest absolute Gasteiger partial charge is 0.387 e. The van der Waals surface area contributed by atoms with Crippen molar-refractivity contribution >= 4 is 5.91 Å². The number of amides is 1. The third kappa shape index (κ3) is 5.21. The minimum Gasteiger partial charge on any atom is -0.435 e. The molecule has 1 aliphatic carbocycles. The summed E-state index contributed by atoms with van der Waals surface area (Å²) in [6.45, 7) is -2.13. The van der Waals surface area contributed by atoms with Gasteiger partial charge in [0, 0.05) is 12.6 Å². The summed E-state index contributed by atoms with van der Waals surface area (Å²) in [6, 6.07) is 6.70. The summed E-state index contributed by atoms with van der Waals surface area (Å²) in [7, 11) is 0. The second-order valence-corrected chi connectivity index (χ2v) is 4.45. The van der Waals surface area contributed by atoms with Crippen LogP contribution in [0.1, 0.15) is 18.4 Å². The summed E-state index contributed by atoms with van der Waals surface area (Å²) in [5.74, 6) is 0.0419. The molecule has 1 fully saturated rings. The molecule has 1 amide bonds. The SMILES string of the molecule is O=C(CNC1CC1)NCc1ccc(OC(F)F)cc1. The number of hydrogen-bond donors (Lipinski definition) is 2. The Labute approximate surface area is 110 Å². The van der Waals surface area contributed by atoms with Gasteiger partial charge < -0.3 is 15.4 Å². The Bertz CT molecular complexity index is 419. The highest BCUT2D eigenvalue weighted by atomic mass is 19.3. The molecule has 104 valence electrons. The molecule has 2 rings (SSSR count). The number of rotatable bonds is 7. The van der Waals surface area contributed by atoms with Crippen LogP contribution in [0.4, 0.5) is 8.78 Å². The van der Waals surface area contributed by atoms with Crippen LogP contribution in [-0.4, -0.2) is 25.1 Å². The van der Waals surface area contributed by atoms with Gasteiger partial charge in [-0.2, -0.15) is 8.78 Å². The van der Waals surface area contributed by atoms with Gasteiger partial charge in [-0.05, 0) is 30.5 Å². The van der Waals surface area contributed by atoms with E-state index in [0.29, 0.717) is 19.1 Å². The zero-order valence-corrected chi connectivity index (χ0v) is 10.4. The quantitative estimate of drug-likeness (QED) is 0.792. The number of carbonyl (C=O) groups is 1. The summed E-state index contributed by atoms with van der Waals surface area (Å²) in [6.07, 6.45) is 2.28. The molecule has 2 N–H and O–H groups in total. The molecule has 0 radical (unpaired) electrons. The molecule has 0 aromatic heterocycles. The fourth-order valence-electron chi connectivity index (χ4n) is 1.58. The molecule has 0 aliphatic heterocycles. The van der Waals surface area contributed by atoms with Crippen LogP contribution in [0, 0.1) is 0 Å². The van der Waals surface area contributed by atoms with E-state index in [2.05, 4.69) is 15.4 Å². The number of benzene rings is 1. The molecule has 6 heteroatoms. The first kappa shape index (κ1) is 13.7. The van der Waals surface area contributed by atoms with E-state index in [1.807, 2.05) is 0 Å². The first-order chi connectivity index (χ1) is 9.13. The fourth-order valence-corrected chi connectivity index (χ4v) is 1.58. The molecule has 4 nitrogen and oxygen atoms in total. The number of nitrogens with one attached hydrogen (secondary N) is 2. The third-order valence-corrected chi connectivity index (χ3v) is 2.77. The van der Waals surface area contributed by atoms with Crippen molar-refractivity contribution in [3.63, 3.8) is 0 Å². The Morgan fingerprint density at radius 1 is 1.32 bits per heavy atom. The Hall–Kier alpha value is -1.69. The lowest BCUT2D eigenvalue weighted by atomic mass is 10.2. The van der Waals surface area contributed by atoms with Crippen LogP contribution in [0.15, 0.2) is 24.3 Å². The van der Waals surface area contributed by atoms with E-state index in [9.17, 15) is 13.6 Å². The van der Waals surface area contributed by atoms with E-state index in [1.54, 1.807) is 12.1 Å². The summed E-state index contributed by atoms with van der Waals surface area (Å²) in [5, 5.41) is 5.86. The van der Waals surface area contributed by atoms with Crippen molar-refractivity contribution in [2.75, 3.05) is 6.54 Å². The third-order valence-electron chi connectivity index (χ3n) is 2.77. The average molecular weight is 270 g/mol. The molecule has 1 saturated carbocycles. The van der Waals surface area contributed by atoms with Crippen molar-refractivity contribution in [1.82, 2.24) is 10.6 Å². The monoisotopic (exact) mass is 270 g/mol. The molecule has 0 heterocycles. The second-order valence-electron chi connectivity index (χ2n) is 4.45. The molecule has 19 heavy (non-hydrogen) atoms. The standard InChI is InChI=1S/C13H16F2N2O2/c14-13(15)19-11-5-1-9(2-6-11)7-17-12(18)8-16-10-3-4-10/h1-2,5-6,10,13,16H,3-4,7-8H2,(H,17,18). The van der Waals surface area contributed by atoms with E-state index < -0.39 is 6.61 Å². The molecule has 1 aliphatic rings. The molecule has 0 atom stereocenters. The van der Waals surface area contributed by atoms with Crippen molar-refractivity contribution in [2.45, 2.75) is 32.0 Å². The molecule has 0 saturated heterocycles. The van der Waals surface area contributed by atoms with Crippen molar-refractivity contribution in [1.29, 1.82) is 0 Å². The maximum Gasteiger partial charge on any atom is 0.387 e. The normalized spacial score (nSPS) is 14.5. The minimum atomic E-state index is -2.82. The van der Waals surface area contributed by atoms with Gasteiger partial charge in [0.1, 0.15) is 5.75 Å². The van der Waals surface area contributed by atoms with Crippen LogP contribution in [0.5, 0.6) is 5.75 Å². The number of carbonyl (C=O) groups excluding carboxylic acids is 1. The van der Waals surface area contributed by atoms with Crippen LogP contribution in [-0.2, 0) is 11.3 Å². The molecule has 0 unspecified atom stereocenters. The lowest BCUT2D eigenvalue weighted by Gasteiger charge is -2.07. The molecule has 0 bridgehead atoms. The molecular weight excluding hydrogens is 254 g/mol. The predicted molar refractivity (Wildman–Crippen MR) is 65.9 cm³/mol. The van der Waals surface area contributed by atoms with Crippen LogP contribution in [0.25, 0.3) is 0 Å². The summed E-state index contributed by atoms with van der Waals surface area (Å²) < 4.78 is 28.1. The zero-order chi connectivity index (χ0) is 13.7. The minimum absolute atomic E-state index is 0.0696. The largest absolute Gasteiger partial charge is 0.435 e. The topological polar surface area (TPSA) is 50.4 Å². The molecule has 1 aromatic carbocycles. The first-order valence-electron chi connectivity index (χ1n) is 6.17. The average Bonchev–Trinajstić information content (AvgIpc) is 3.19. The predicted octanol–water partition coefficient (Wildman–Crippen LogP) is 1.66. The van der Waals surface area contributed by atoms with E-state index >= 15 is 0 Å². The number of halogens is 2. The number of ether oxygens (including phenoxy) is 1. The van der Waals surface area contributed by atoms with Gasteiger partial charge in [0.2, 0.25) is 5.91 Å². The molecule has 1 aromatic rings. The highest BCUT2D eigenvalue weighted by Gasteiger charge is 2.20. The van der Waals surface area contributed by atoms with Gasteiger partial charge in [-0.15, -0.1) is 0 Å². The van der Waals surface area contributed by atoms with Gasteiger partial charge in [0.05, 0.1) is 6.54 Å². The number of hydrogen-bond acceptors (Lipinski definition) is 3. The van der Waals surface area contributed by atoms with Crippen molar-refractivity contribution in [3.05, 3.63) is 29.8 Å². The van der Waals surface area contributed by atoms with Crippen molar-refractivity contribution in [2.24, 2.45) is 0 Å². The molecule has 0 spiro atoms. The van der Waals surface area contributed by atoms with Crippen LogP contribution < -0.4 is 15.4 Å². The molecular formula is C13H16F2N2O2. The highest BCUT2D eigenvalue weighted by Crippen LogP contribution is 2.18. The van der Waals surface area contributed by atoms with Gasteiger partial charge in [-0.1, -0.05) is 12.1 Å². The van der Waals surface area contributed by atoms with Gasteiger partial charge in [-0.25, -0.2) is 0 Å². The van der Waals surface area contributed by atoms with Gasteiger partial charge in [0.15, 0.2) is 0 Å². The Morgan fingerprint density at radius 3 is 2.58 bits per heavy atom. The van der Waals surface area contributed by atoms with Crippen LogP contribution in [0.2, 0.25) is 0 Å². The summed E-state index contributed by atoms with van der Waals surface area (Å²) in [4.78, 5) is 11.5. The van der Waals surface area contributed by atoms with Crippen LogP contribution in [0.3, 0.4) is 0 Å². The second kappa shape index (κ2) is 6.47. The zero-order valence-electron chi connectivity index (χ0n) is 10.4. The Kier molecular flexibility index (Phi) is 4.68. The summed E-state index contributed by atoms with van der Waals surface area (Å²) in [5.41, 5.74) is 0.835. The van der Waals surface area contributed by atoms with Crippen molar-refractivity contribution < 1.29 is 18.3 Å². The number of alkyl halides is 2. The Morgan fingerprint density at radius 2 is 2.00 bits per heavy atom. The van der Waals surface area contributed by atoms with E-state index in [4.69, 9.17) is 0 Å². The van der Waals surface area contributed by atoms with Gasteiger partial charge >= 0.3 is 6.61 Å². The summed E-state index contributed by atoms with van der Waals surface area (Å²) >= 11 is 0. The maximum atomic E-state index is 11.9. The van der Waals surface area contributed by atoms with E-state index in [1.165, 1.54) is 12.1 Å². The van der Waals surface area contributed by atoms with Gasteiger partial charge in [-0.3, -0.25) is 4.79 Å². The van der Waals surface area contributed by atoms with E-state index in [0.717, 1.165) is 18.4 Å². The highest BCUT2D eigenvalue weighted by molar-refractivity contribution is 5.78. The van der Waals surface area contributed by atoms with Crippen molar-refractivity contribution in [3.8, 4) is 5.75 Å². The first-order valence-corrected chi connectivity index (χ1v) is 6.17. The Balaban J connectivity index is 1.70. The van der Waals surface area contributed by atoms with Gasteiger partial charge in [0.25, 0.3) is 0 Å². The lowest BCUT2D eigenvalue weighted by molar-refractivity contribution is -0.120.